The van der Waals surface area contributed by atoms with Crippen molar-refractivity contribution in [1.82, 2.24) is 14.9 Å². The van der Waals surface area contributed by atoms with Gasteiger partial charge in [0.1, 0.15) is 0 Å². The summed E-state index contributed by atoms with van der Waals surface area (Å²) in [7, 11) is 0. The van der Waals surface area contributed by atoms with Gasteiger partial charge in [0.2, 0.25) is 0 Å². The van der Waals surface area contributed by atoms with E-state index in [9.17, 15) is 10.1 Å². The van der Waals surface area contributed by atoms with E-state index in [2.05, 4.69) is 26.3 Å². The molecule has 1 aliphatic carbocycles. The predicted molar refractivity (Wildman–Crippen MR) is 105 cm³/mol. The van der Waals surface area contributed by atoms with Gasteiger partial charge in [0, 0.05) is 49.1 Å². The maximum atomic E-state index is 12.2. The standard InChI is InChI=1S/C21H25N5O2/c22-12-15-1-4-20(26-7-9-28-10-8-26)18(11-15)19-3-2-17(14-24-19)25-21(27)16-5-6-23-13-16/h2-3,5-6,13-15,18,20,23H,1,4,7-11H2,(H,25,27). The van der Waals surface area contributed by atoms with Crippen LogP contribution in [0.25, 0.3) is 0 Å². The predicted octanol–water partition coefficient (Wildman–Crippen LogP) is 2.77. The third kappa shape index (κ3) is 4.08. The summed E-state index contributed by atoms with van der Waals surface area (Å²) in [6, 6.07) is 8.46. The topological polar surface area (TPSA) is 94.0 Å². The van der Waals surface area contributed by atoms with Crippen molar-refractivity contribution < 1.29 is 9.53 Å². The Hall–Kier alpha value is -2.69. The number of carbonyl (C=O) groups is 1. The number of anilines is 1. The van der Waals surface area contributed by atoms with Crippen LogP contribution in [0.4, 0.5) is 5.69 Å². The highest BCUT2D eigenvalue weighted by molar-refractivity contribution is 6.04. The van der Waals surface area contributed by atoms with Crippen LogP contribution in [0.15, 0.2) is 36.8 Å². The minimum atomic E-state index is -0.163. The number of nitrogens with zero attached hydrogens (tertiary/aromatic N) is 3. The maximum Gasteiger partial charge on any atom is 0.257 e. The van der Waals surface area contributed by atoms with Crippen molar-refractivity contribution in [3.63, 3.8) is 0 Å². The molecule has 28 heavy (non-hydrogen) atoms. The zero-order valence-corrected chi connectivity index (χ0v) is 15.8. The van der Waals surface area contributed by atoms with Crippen molar-refractivity contribution in [2.24, 2.45) is 5.92 Å². The number of carbonyl (C=O) groups excluding carboxylic acids is 1. The largest absolute Gasteiger partial charge is 0.379 e. The fraction of sp³-hybridized carbons (Fsp3) is 0.476. The van der Waals surface area contributed by atoms with E-state index in [1.165, 1.54) is 0 Å². The van der Waals surface area contributed by atoms with Gasteiger partial charge in [-0.15, -0.1) is 0 Å². The summed E-state index contributed by atoms with van der Waals surface area (Å²) < 4.78 is 5.51. The number of nitrogens with one attached hydrogen (secondary N) is 2. The molecule has 2 aromatic rings. The minimum absolute atomic E-state index is 0.0806. The molecule has 2 aromatic heterocycles. The second kappa shape index (κ2) is 8.55. The fourth-order valence-electron chi connectivity index (χ4n) is 4.30. The molecule has 0 spiro atoms. The molecule has 2 fully saturated rings. The highest BCUT2D eigenvalue weighted by atomic mass is 16.5. The lowest BCUT2D eigenvalue weighted by Crippen LogP contribution is -2.48. The van der Waals surface area contributed by atoms with Crippen molar-refractivity contribution >= 4 is 11.6 Å². The van der Waals surface area contributed by atoms with E-state index in [1.807, 2.05) is 12.1 Å². The number of aromatic nitrogens is 2. The van der Waals surface area contributed by atoms with Crippen LogP contribution in [-0.2, 0) is 4.74 Å². The molecule has 2 aliphatic rings. The van der Waals surface area contributed by atoms with Crippen molar-refractivity contribution in [1.29, 1.82) is 5.26 Å². The molecule has 0 aromatic carbocycles. The van der Waals surface area contributed by atoms with E-state index in [1.54, 1.807) is 24.7 Å². The monoisotopic (exact) mass is 379 g/mol. The summed E-state index contributed by atoms with van der Waals surface area (Å²) in [5.74, 6) is 0.146. The first kappa shape index (κ1) is 18.7. The quantitative estimate of drug-likeness (QED) is 0.852. The van der Waals surface area contributed by atoms with Gasteiger partial charge in [0.05, 0.1) is 36.7 Å². The number of morpholine rings is 1. The van der Waals surface area contributed by atoms with E-state index in [0.717, 1.165) is 51.3 Å². The van der Waals surface area contributed by atoms with Crippen LogP contribution in [0.1, 0.15) is 41.2 Å². The molecule has 1 saturated heterocycles. The van der Waals surface area contributed by atoms with E-state index < -0.39 is 0 Å². The number of pyridine rings is 1. The summed E-state index contributed by atoms with van der Waals surface area (Å²) in [6.07, 6.45) is 7.88. The first-order valence-corrected chi connectivity index (χ1v) is 9.86. The first-order chi connectivity index (χ1) is 13.7. The molecule has 0 bridgehead atoms. The van der Waals surface area contributed by atoms with Gasteiger partial charge in [0.15, 0.2) is 0 Å². The average molecular weight is 379 g/mol. The number of hydrogen-bond donors (Lipinski definition) is 2. The number of ether oxygens (including phenoxy) is 1. The van der Waals surface area contributed by atoms with Crippen LogP contribution in [0, 0.1) is 17.2 Å². The molecule has 7 nitrogen and oxygen atoms in total. The normalized spacial score (nSPS) is 25.8. The summed E-state index contributed by atoms with van der Waals surface area (Å²) in [4.78, 5) is 22.2. The zero-order chi connectivity index (χ0) is 19.3. The van der Waals surface area contributed by atoms with Gasteiger partial charge >= 0.3 is 0 Å². The highest BCUT2D eigenvalue weighted by Crippen LogP contribution is 2.38. The Kier molecular flexibility index (Phi) is 5.70. The van der Waals surface area contributed by atoms with E-state index >= 15 is 0 Å². The Morgan fingerprint density at radius 3 is 2.82 bits per heavy atom. The van der Waals surface area contributed by atoms with Gasteiger partial charge in [0.25, 0.3) is 5.91 Å². The number of hydrogen-bond acceptors (Lipinski definition) is 5. The lowest BCUT2D eigenvalue weighted by Gasteiger charge is -2.42. The molecular formula is C21H25N5O2. The molecule has 2 N–H and O–H groups in total. The summed E-state index contributed by atoms with van der Waals surface area (Å²) in [5.41, 5.74) is 2.25. The highest BCUT2D eigenvalue weighted by Gasteiger charge is 2.36. The summed E-state index contributed by atoms with van der Waals surface area (Å²) in [6.45, 7) is 3.40. The molecule has 146 valence electrons. The molecule has 3 unspecified atom stereocenters. The molecule has 1 amide bonds. The fourth-order valence-corrected chi connectivity index (χ4v) is 4.30. The molecule has 0 radical (unpaired) electrons. The van der Waals surface area contributed by atoms with Gasteiger partial charge in [-0.05, 0) is 37.5 Å². The lowest BCUT2D eigenvalue weighted by atomic mass is 9.76. The van der Waals surface area contributed by atoms with Gasteiger partial charge in [-0.1, -0.05) is 0 Å². The SMILES string of the molecule is N#CC1CCC(N2CCOCC2)C(c2ccc(NC(=O)c3cc[nH]c3)cn2)C1. The Morgan fingerprint density at radius 2 is 2.14 bits per heavy atom. The van der Waals surface area contributed by atoms with Crippen molar-refractivity contribution in [3.8, 4) is 6.07 Å². The Balaban J connectivity index is 1.49. The first-order valence-electron chi connectivity index (χ1n) is 9.86. The Bertz CT molecular complexity index is 821. The number of rotatable bonds is 4. The van der Waals surface area contributed by atoms with Crippen LogP contribution in [0.5, 0.6) is 0 Å². The maximum absolute atomic E-state index is 12.2. The van der Waals surface area contributed by atoms with Gasteiger partial charge < -0.3 is 15.0 Å². The average Bonchev–Trinajstić information content (AvgIpc) is 3.30. The number of nitriles is 1. The van der Waals surface area contributed by atoms with Gasteiger partial charge in [-0.3, -0.25) is 14.7 Å². The second-order valence-corrected chi connectivity index (χ2v) is 7.49. The van der Waals surface area contributed by atoms with E-state index in [4.69, 9.17) is 4.74 Å². The zero-order valence-electron chi connectivity index (χ0n) is 15.8. The summed E-state index contributed by atoms with van der Waals surface area (Å²) in [5, 5.41) is 12.3. The van der Waals surface area contributed by atoms with Crippen molar-refractivity contribution in [2.75, 3.05) is 31.6 Å². The van der Waals surface area contributed by atoms with Crippen LogP contribution in [0.2, 0.25) is 0 Å². The van der Waals surface area contributed by atoms with E-state index in [-0.39, 0.29) is 17.7 Å². The van der Waals surface area contributed by atoms with Gasteiger partial charge in [-0.2, -0.15) is 5.26 Å². The Morgan fingerprint density at radius 1 is 1.29 bits per heavy atom. The third-order valence-electron chi connectivity index (χ3n) is 5.80. The number of amides is 1. The molecule has 1 aliphatic heterocycles. The summed E-state index contributed by atoms with van der Waals surface area (Å²) >= 11 is 0. The molecule has 7 heteroatoms. The molecule has 3 heterocycles. The molecular weight excluding hydrogens is 354 g/mol. The van der Waals surface area contributed by atoms with Crippen LogP contribution in [0.3, 0.4) is 0 Å². The van der Waals surface area contributed by atoms with Crippen LogP contribution >= 0.6 is 0 Å². The third-order valence-corrected chi connectivity index (χ3v) is 5.80. The number of aromatic amines is 1. The van der Waals surface area contributed by atoms with Gasteiger partial charge in [-0.25, -0.2) is 0 Å². The van der Waals surface area contributed by atoms with Crippen LogP contribution < -0.4 is 5.32 Å². The molecule has 3 atom stereocenters. The molecule has 1 saturated carbocycles. The lowest BCUT2D eigenvalue weighted by molar-refractivity contribution is 0.0000695. The second-order valence-electron chi connectivity index (χ2n) is 7.49. The smallest absolute Gasteiger partial charge is 0.257 e. The minimum Gasteiger partial charge on any atom is -0.379 e. The van der Waals surface area contributed by atoms with Crippen molar-refractivity contribution in [3.05, 3.63) is 48.0 Å². The van der Waals surface area contributed by atoms with Crippen molar-refractivity contribution in [2.45, 2.75) is 31.2 Å². The van der Waals surface area contributed by atoms with Crippen LogP contribution in [-0.4, -0.2) is 53.1 Å². The van der Waals surface area contributed by atoms with E-state index in [0.29, 0.717) is 17.3 Å². The number of H-pyrrole nitrogens is 1. The Labute approximate surface area is 164 Å². The molecule has 4 rings (SSSR count).